The summed E-state index contributed by atoms with van der Waals surface area (Å²) in [5.74, 6) is 2.84. The Morgan fingerprint density at radius 1 is 1.38 bits per heavy atom. The summed E-state index contributed by atoms with van der Waals surface area (Å²) in [7, 11) is 2.04. The van der Waals surface area contributed by atoms with Gasteiger partial charge >= 0.3 is 0 Å². The van der Waals surface area contributed by atoms with Crippen LogP contribution in [-0.2, 0) is 19.9 Å². The quantitative estimate of drug-likeness (QED) is 0.726. The van der Waals surface area contributed by atoms with Crippen molar-refractivity contribution in [3.05, 3.63) is 11.4 Å². The molecule has 0 radical (unpaired) electrons. The molecule has 1 aromatic heterocycles. The molecule has 3 rings (SSSR count). The smallest absolute Gasteiger partial charge is 0.0859 e. The molecule has 1 fully saturated rings. The summed E-state index contributed by atoms with van der Waals surface area (Å²) in [5, 5.41) is 8.49. The summed E-state index contributed by atoms with van der Waals surface area (Å²) in [4.78, 5) is 0. The summed E-state index contributed by atoms with van der Waals surface area (Å²) in [6.07, 6.45) is 7.95. The maximum Gasteiger partial charge on any atom is 0.0859 e. The summed E-state index contributed by atoms with van der Waals surface area (Å²) in [6.45, 7) is 2.35. The Kier molecular flexibility index (Phi) is 2.49. The molecule has 1 aromatic rings. The Morgan fingerprint density at radius 2 is 2.25 bits per heavy atom. The van der Waals surface area contributed by atoms with Crippen LogP contribution in [0.1, 0.15) is 44.0 Å². The Labute approximate surface area is 97.2 Å². The highest BCUT2D eigenvalue weighted by atomic mass is 15.4. The molecule has 0 aromatic carbocycles. The van der Waals surface area contributed by atoms with Crippen LogP contribution in [0.5, 0.6) is 0 Å². The van der Waals surface area contributed by atoms with Gasteiger partial charge in [0.2, 0.25) is 0 Å². The molecule has 2 aliphatic carbocycles. The van der Waals surface area contributed by atoms with E-state index in [1.807, 2.05) is 11.7 Å². The zero-order chi connectivity index (χ0) is 11.1. The first kappa shape index (κ1) is 10.3. The van der Waals surface area contributed by atoms with E-state index >= 15 is 0 Å². The lowest BCUT2D eigenvalue weighted by atomic mass is 9.88. The largest absolute Gasteiger partial charge is 0.252 e. The van der Waals surface area contributed by atoms with Gasteiger partial charge in [0.05, 0.1) is 11.4 Å². The van der Waals surface area contributed by atoms with E-state index in [2.05, 4.69) is 17.2 Å². The number of nitrogens with zero attached hydrogens (tertiary/aromatic N) is 3. The van der Waals surface area contributed by atoms with E-state index in [4.69, 9.17) is 0 Å². The molecule has 0 amide bonds. The first-order chi connectivity index (χ1) is 7.78. The van der Waals surface area contributed by atoms with Crippen LogP contribution in [0.2, 0.25) is 0 Å². The predicted octanol–water partition coefficient (Wildman–Crippen LogP) is 2.36. The first-order valence-electron chi connectivity index (χ1n) is 6.65. The average Bonchev–Trinajstić information content (AvgIpc) is 2.80. The summed E-state index contributed by atoms with van der Waals surface area (Å²) >= 11 is 0. The second-order valence-electron chi connectivity index (χ2n) is 5.62. The highest BCUT2D eigenvalue weighted by Crippen LogP contribution is 2.43. The van der Waals surface area contributed by atoms with Gasteiger partial charge < -0.3 is 0 Å². The van der Waals surface area contributed by atoms with Crippen LogP contribution in [0.15, 0.2) is 0 Å². The number of rotatable bonds is 1. The highest BCUT2D eigenvalue weighted by Gasteiger charge is 2.35. The Morgan fingerprint density at radius 3 is 3.06 bits per heavy atom. The van der Waals surface area contributed by atoms with Gasteiger partial charge in [0.25, 0.3) is 0 Å². The molecule has 88 valence electrons. The minimum atomic E-state index is 0.895. The van der Waals surface area contributed by atoms with Crippen molar-refractivity contribution in [2.45, 2.75) is 45.4 Å². The van der Waals surface area contributed by atoms with Gasteiger partial charge in [0.15, 0.2) is 0 Å². The number of aromatic nitrogens is 3. The molecule has 0 spiro atoms. The molecule has 1 heterocycles. The van der Waals surface area contributed by atoms with Crippen LogP contribution in [0.25, 0.3) is 0 Å². The van der Waals surface area contributed by atoms with E-state index in [1.165, 1.54) is 43.5 Å². The van der Waals surface area contributed by atoms with Gasteiger partial charge in [-0.2, -0.15) is 0 Å². The van der Waals surface area contributed by atoms with Crippen LogP contribution in [0.3, 0.4) is 0 Å². The lowest BCUT2D eigenvalue weighted by Gasteiger charge is -2.18. The lowest BCUT2D eigenvalue weighted by Crippen LogP contribution is -2.12. The fourth-order valence-electron chi connectivity index (χ4n) is 3.82. The molecular weight excluding hydrogens is 198 g/mol. The maximum absolute atomic E-state index is 4.32. The molecule has 1 saturated carbocycles. The minimum Gasteiger partial charge on any atom is -0.252 e. The summed E-state index contributed by atoms with van der Waals surface area (Å²) in [5.41, 5.74) is 2.68. The normalized spacial score (nSPS) is 33.2. The number of hydrogen-bond donors (Lipinski definition) is 0. The van der Waals surface area contributed by atoms with Gasteiger partial charge in [-0.15, -0.1) is 5.10 Å². The van der Waals surface area contributed by atoms with Crippen molar-refractivity contribution in [2.75, 3.05) is 0 Å². The molecule has 0 N–H and O–H groups in total. The van der Waals surface area contributed by atoms with Gasteiger partial charge in [-0.3, -0.25) is 4.68 Å². The topological polar surface area (TPSA) is 30.7 Å². The summed E-state index contributed by atoms with van der Waals surface area (Å²) < 4.78 is 1.99. The van der Waals surface area contributed by atoms with Crippen molar-refractivity contribution in [2.24, 2.45) is 24.8 Å². The van der Waals surface area contributed by atoms with Gasteiger partial charge in [-0.25, -0.2) is 0 Å². The fourth-order valence-corrected chi connectivity index (χ4v) is 3.82. The standard InChI is InChI=1S/C13H21N3/c1-3-10-6-9-7-11(10)4-5-12-13(8-9)16(2)15-14-12/h9-11H,3-8H2,1-2H3. The van der Waals surface area contributed by atoms with E-state index in [0.29, 0.717) is 0 Å². The molecule has 3 heteroatoms. The van der Waals surface area contributed by atoms with Crippen LogP contribution < -0.4 is 0 Å². The zero-order valence-electron chi connectivity index (χ0n) is 10.3. The second kappa shape index (κ2) is 3.86. The monoisotopic (exact) mass is 219 g/mol. The van der Waals surface area contributed by atoms with E-state index in [1.54, 1.807) is 0 Å². The van der Waals surface area contributed by atoms with Crippen molar-refractivity contribution in [3.8, 4) is 0 Å². The Hall–Kier alpha value is -0.860. The van der Waals surface area contributed by atoms with E-state index in [-0.39, 0.29) is 0 Å². The molecule has 2 bridgehead atoms. The molecule has 0 aliphatic heterocycles. The molecule has 2 aliphatic rings. The van der Waals surface area contributed by atoms with Crippen LogP contribution in [0.4, 0.5) is 0 Å². The van der Waals surface area contributed by atoms with Crippen molar-refractivity contribution >= 4 is 0 Å². The van der Waals surface area contributed by atoms with E-state index in [9.17, 15) is 0 Å². The number of aryl methyl sites for hydroxylation is 2. The Balaban J connectivity index is 1.88. The SMILES string of the molecule is CCC1CC2Cc3c(nnn3C)CCC1C2. The molecule has 16 heavy (non-hydrogen) atoms. The third-order valence-corrected chi connectivity index (χ3v) is 4.72. The van der Waals surface area contributed by atoms with Crippen molar-refractivity contribution in [3.63, 3.8) is 0 Å². The lowest BCUT2D eigenvalue weighted by molar-refractivity contribution is 0.353. The fraction of sp³-hybridized carbons (Fsp3) is 0.846. The van der Waals surface area contributed by atoms with Crippen LogP contribution in [0, 0.1) is 17.8 Å². The van der Waals surface area contributed by atoms with Crippen molar-refractivity contribution < 1.29 is 0 Å². The first-order valence-corrected chi connectivity index (χ1v) is 6.65. The minimum absolute atomic E-state index is 0.895. The second-order valence-corrected chi connectivity index (χ2v) is 5.62. The third-order valence-electron chi connectivity index (χ3n) is 4.72. The van der Waals surface area contributed by atoms with E-state index in [0.717, 1.165) is 24.2 Å². The molecule has 0 saturated heterocycles. The Bertz CT molecular complexity index is 381. The maximum atomic E-state index is 4.32. The number of fused-ring (bicyclic) bond motifs is 3. The van der Waals surface area contributed by atoms with Gasteiger partial charge in [-0.1, -0.05) is 18.6 Å². The third kappa shape index (κ3) is 1.57. The van der Waals surface area contributed by atoms with Gasteiger partial charge in [0.1, 0.15) is 0 Å². The van der Waals surface area contributed by atoms with Gasteiger partial charge in [0, 0.05) is 7.05 Å². The number of hydrogen-bond acceptors (Lipinski definition) is 2. The molecule has 3 atom stereocenters. The highest BCUT2D eigenvalue weighted by molar-refractivity contribution is 5.13. The van der Waals surface area contributed by atoms with Crippen LogP contribution >= 0.6 is 0 Å². The predicted molar refractivity (Wildman–Crippen MR) is 63.0 cm³/mol. The molecule has 3 nitrogen and oxygen atoms in total. The van der Waals surface area contributed by atoms with Gasteiger partial charge in [-0.05, 0) is 49.9 Å². The zero-order valence-corrected chi connectivity index (χ0v) is 10.3. The van der Waals surface area contributed by atoms with Crippen LogP contribution in [-0.4, -0.2) is 15.0 Å². The van der Waals surface area contributed by atoms with Crippen molar-refractivity contribution in [1.82, 2.24) is 15.0 Å². The average molecular weight is 219 g/mol. The molecule has 3 unspecified atom stereocenters. The molecular formula is C13H21N3. The van der Waals surface area contributed by atoms with Crippen molar-refractivity contribution in [1.29, 1.82) is 0 Å². The summed E-state index contributed by atoms with van der Waals surface area (Å²) in [6, 6.07) is 0. The van der Waals surface area contributed by atoms with E-state index < -0.39 is 0 Å².